The predicted octanol–water partition coefficient (Wildman–Crippen LogP) is 0.186. The van der Waals surface area contributed by atoms with Crippen LogP contribution in [0.2, 0.25) is 0 Å². The standard InChI is InChI=1S/C20H27N7O4S/c1-3-23-32(29,30)25-18-10-14(6-7-22-18)11-26-8-9-27-15(12-26)13-31-20-17(27)5-4-16(24-20)19(28)21-2/h4-7,10,15,23H,3,8-9,11-13H2,1-2H3,(H,21,28)(H,22,25). The summed E-state index contributed by atoms with van der Waals surface area (Å²) in [5.74, 6) is 0.533. The van der Waals surface area contributed by atoms with Crippen molar-refractivity contribution in [2.45, 2.75) is 19.5 Å². The maximum absolute atomic E-state index is 11.9. The van der Waals surface area contributed by atoms with Crippen molar-refractivity contribution < 1.29 is 17.9 Å². The molecule has 12 heteroatoms. The highest BCUT2D eigenvalue weighted by Gasteiger charge is 2.34. The van der Waals surface area contributed by atoms with Crippen LogP contribution in [0.25, 0.3) is 0 Å². The van der Waals surface area contributed by atoms with E-state index >= 15 is 0 Å². The van der Waals surface area contributed by atoms with Crippen molar-refractivity contribution in [1.82, 2.24) is 24.9 Å². The zero-order valence-corrected chi connectivity index (χ0v) is 18.9. The lowest BCUT2D eigenvalue weighted by Crippen LogP contribution is -2.57. The van der Waals surface area contributed by atoms with Crippen molar-refractivity contribution in [2.24, 2.45) is 0 Å². The molecule has 2 aromatic rings. The molecule has 0 bridgehead atoms. The summed E-state index contributed by atoms with van der Waals surface area (Å²) in [7, 11) is -2.05. The number of nitrogens with one attached hydrogen (secondary N) is 3. The van der Waals surface area contributed by atoms with E-state index in [0.29, 0.717) is 31.3 Å². The number of rotatable bonds is 7. The van der Waals surface area contributed by atoms with E-state index in [0.717, 1.165) is 30.9 Å². The van der Waals surface area contributed by atoms with Gasteiger partial charge in [-0.2, -0.15) is 13.1 Å². The van der Waals surface area contributed by atoms with Crippen LogP contribution in [0.5, 0.6) is 5.88 Å². The van der Waals surface area contributed by atoms with Gasteiger partial charge >= 0.3 is 0 Å². The molecule has 0 radical (unpaired) electrons. The zero-order valence-electron chi connectivity index (χ0n) is 18.0. The van der Waals surface area contributed by atoms with E-state index in [4.69, 9.17) is 4.74 Å². The van der Waals surface area contributed by atoms with E-state index < -0.39 is 10.2 Å². The molecule has 1 fully saturated rings. The molecule has 32 heavy (non-hydrogen) atoms. The number of nitrogens with zero attached hydrogens (tertiary/aromatic N) is 4. The Hall–Kier alpha value is -2.96. The summed E-state index contributed by atoms with van der Waals surface area (Å²) in [5.41, 5.74) is 2.20. The summed E-state index contributed by atoms with van der Waals surface area (Å²) in [6.45, 7) is 5.58. The number of fused-ring (bicyclic) bond motifs is 3. The Labute approximate surface area is 187 Å². The largest absolute Gasteiger partial charge is 0.474 e. The van der Waals surface area contributed by atoms with Crippen LogP contribution in [0, 0.1) is 0 Å². The van der Waals surface area contributed by atoms with Gasteiger partial charge in [-0.05, 0) is 29.8 Å². The van der Waals surface area contributed by atoms with Gasteiger partial charge in [0.15, 0.2) is 0 Å². The number of hydrogen-bond acceptors (Lipinski definition) is 8. The minimum Gasteiger partial charge on any atom is -0.474 e. The van der Waals surface area contributed by atoms with E-state index in [9.17, 15) is 13.2 Å². The van der Waals surface area contributed by atoms with Crippen molar-refractivity contribution in [3.8, 4) is 5.88 Å². The average molecular weight is 462 g/mol. The molecular weight excluding hydrogens is 434 g/mol. The topological polar surface area (TPSA) is 129 Å². The van der Waals surface area contributed by atoms with Crippen molar-refractivity contribution in [3.05, 3.63) is 41.7 Å². The number of anilines is 2. The monoisotopic (exact) mass is 461 g/mol. The number of aromatic nitrogens is 2. The lowest BCUT2D eigenvalue weighted by molar-refractivity contribution is 0.0956. The van der Waals surface area contributed by atoms with Crippen LogP contribution in [0.4, 0.5) is 11.5 Å². The van der Waals surface area contributed by atoms with Crippen LogP contribution in [0.15, 0.2) is 30.5 Å². The summed E-state index contributed by atoms with van der Waals surface area (Å²) in [4.78, 5) is 24.9. The van der Waals surface area contributed by atoms with Crippen molar-refractivity contribution in [1.29, 1.82) is 0 Å². The van der Waals surface area contributed by atoms with Crippen LogP contribution in [-0.2, 0) is 16.8 Å². The van der Waals surface area contributed by atoms with Gasteiger partial charge in [0.05, 0.1) is 6.04 Å². The minimum absolute atomic E-state index is 0.164. The molecule has 1 atom stereocenters. The Balaban J connectivity index is 1.41. The van der Waals surface area contributed by atoms with Crippen molar-refractivity contribution >= 4 is 27.6 Å². The first-order valence-electron chi connectivity index (χ1n) is 10.5. The molecule has 2 aromatic heterocycles. The predicted molar refractivity (Wildman–Crippen MR) is 120 cm³/mol. The fourth-order valence-electron chi connectivity index (χ4n) is 3.96. The van der Waals surface area contributed by atoms with E-state index in [-0.39, 0.29) is 17.8 Å². The summed E-state index contributed by atoms with van der Waals surface area (Å²) in [6.07, 6.45) is 1.60. The zero-order chi connectivity index (χ0) is 22.7. The Morgan fingerprint density at radius 1 is 1.28 bits per heavy atom. The van der Waals surface area contributed by atoms with Crippen molar-refractivity contribution in [3.63, 3.8) is 0 Å². The van der Waals surface area contributed by atoms with Gasteiger partial charge in [-0.25, -0.2) is 9.97 Å². The quantitative estimate of drug-likeness (QED) is 0.533. The summed E-state index contributed by atoms with van der Waals surface area (Å²) in [6, 6.07) is 7.40. The van der Waals surface area contributed by atoms with Gasteiger partial charge in [-0.15, -0.1) is 0 Å². The van der Waals surface area contributed by atoms with Gasteiger partial charge in [0.25, 0.3) is 16.1 Å². The number of piperazine rings is 1. The van der Waals surface area contributed by atoms with Gasteiger partial charge in [0.2, 0.25) is 5.88 Å². The second-order valence-corrected chi connectivity index (χ2v) is 9.15. The number of hydrogen-bond donors (Lipinski definition) is 3. The molecular formula is C20H27N7O4S. The first kappa shape index (κ1) is 22.2. The van der Waals surface area contributed by atoms with Crippen LogP contribution in [0.1, 0.15) is 23.0 Å². The normalized spacial score (nSPS) is 18.3. The lowest BCUT2D eigenvalue weighted by Gasteiger charge is -2.45. The molecule has 1 saturated heterocycles. The molecule has 1 amide bonds. The maximum atomic E-state index is 11.9. The Kier molecular flexibility index (Phi) is 6.44. The highest BCUT2D eigenvalue weighted by Crippen LogP contribution is 2.34. The number of pyridine rings is 2. The third-order valence-electron chi connectivity index (χ3n) is 5.39. The fraction of sp³-hybridized carbons (Fsp3) is 0.450. The Bertz CT molecular complexity index is 1100. The molecule has 0 aromatic carbocycles. The molecule has 0 aliphatic carbocycles. The average Bonchev–Trinajstić information content (AvgIpc) is 2.77. The summed E-state index contributed by atoms with van der Waals surface area (Å²) >= 11 is 0. The number of amides is 1. The van der Waals surface area contributed by atoms with Crippen molar-refractivity contribution in [2.75, 3.05) is 49.5 Å². The van der Waals surface area contributed by atoms with E-state index in [2.05, 4.69) is 34.5 Å². The van der Waals surface area contributed by atoms with Gasteiger partial charge in [-0.1, -0.05) is 6.92 Å². The van der Waals surface area contributed by atoms with Crippen LogP contribution in [0.3, 0.4) is 0 Å². The van der Waals surface area contributed by atoms with Gasteiger partial charge in [0.1, 0.15) is 23.8 Å². The van der Waals surface area contributed by atoms with Crippen LogP contribution in [-0.4, -0.2) is 75.1 Å². The van der Waals surface area contributed by atoms with Gasteiger partial charge in [-0.3, -0.25) is 14.4 Å². The summed E-state index contributed by atoms with van der Waals surface area (Å²) < 4.78 is 34.5. The second kappa shape index (κ2) is 9.27. The Morgan fingerprint density at radius 3 is 2.91 bits per heavy atom. The van der Waals surface area contributed by atoms with Gasteiger partial charge < -0.3 is 15.0 Å². The molecule has 0 saturated carbocycles. The molecule has 172 valence electrons. The van der Waals surface area contributed by atoms with E-state index in [1.54, 1.807) is 32.3 Å². The SMILES string of the molecule is CCNS(=O)(=O)Nc1cc(CN2CCN3c4ccc(C(=O)NC)nc4OCC3C2)ccn1. The Morgan fingerprint density at radius 2 is 2.12 bits per heavy atom. The van der Waals surface area contributed by atoms with E-state index in [1.807, 2.05) is 12.1 Å². The number of carbonyl (C=O) groups excluding carboxylic acids is 1. The molecule has 2 aliphatic rings. The highest BCUT2D eigenvalue weighted by molar-refractivity contribution is 7.90. The minimum atomic E-state index is -3.62. The molecule has 3 N–H and O–H groups in total. The first-order chi connectivity index (χ1) is 15.4. The fourth-order valence-corrected chi connectivity index (χ4v) is 4.80. The molecule has 0 spiro atoms. The highest BCUT2D eigenvalue weighted by atomic mass is 32.2. The van der Waals surface area contributed by atoms with Gasteiger partial charge in [0, 0.05) is 46.0 Å². The number of ether oxygens (including phenoxy) is 1. The third-order valence-corrected chi connectivity index (χ3v) is 6.54. The smallest absolute Gasteiger partial charge is 0.300 e. The molecule has 2 aliphatic heterocycles. The van der Waals surface area contributed by atoms with E-state index in [1.165, 1.54) is 0 Å². The molecule has 4 heterocycles. The number of carbonyl (C=O) groups is 1. The van der Waals surface area contributed by atoms with Crippen LogP contribution < -0.4 is 24.4 Å². The first-order valence-corrected chi connectivity index (χ1v) is 11.9. The third kappa shape index (κ3) is 4.92. The van der Waals surface area contributed by atoms with Crippen LogP contribution >= 0.6 is 0 Å². The second-order valence-electron chi connectivity index (χ2n) is 7.65. The maximum Gasteiger partial charge on any atom is 0.300 e. The molecule has 11 nitrogen and oxygen atoms in total. The molecule has 4 rings (SSSR count). The lowest BCUT2D eigenvalue weighted by atomic mass is 10.1. The molecule has 1 unspecified atom stereocenters. The summed E-state index contributed by atoms with van der Waals surface area (Å²) in [5, 5.41) is 2.57.